The number of carbonyl (C=O) groups is 1. The van der Waals surface area contributed by atoms with Gasteiger partial charge in [-0.3, -0.25) is 4.79 Å². The van der Waals surface area contributed by atoms with Crippen LogP contribution in [0.2, 0.25) is 0 Å². The molecule has 94 valence electrons. The van der Waals surface area contributed by atoms with Crippen molar-refractivity contribution in [2.75, 3.05) is 6.54 Å². The first-order valence-electron chi connectivity index (χ1n) is 4.90. The second-order valence-electron chi connectivity index (χ2n) is 3.67. The van der Waals surface area contributed by atoms with Crippen molar-refractivity contribution in [3.8, 4) is 0 Å². The topological polar surface area (TPSA) is 49.3 Å². The summed E-state index contributed by atoms with van der Waals surface area (Å²) < 4.78 is 37.5. The molecule has 0 aliphatic heterocycles. The van der Waals surface area contributed by atoms with E-state index in [1.54, 1.807) is 0 Å². The van der Waals surface area contributed by atoms with Gasteiger partial charge in [-0.1, -0.05) is 12.1 Å². The second-order valence-corrected chi connectivity index (χ2v) is 3.67. The lowest BCUT2D eigenvalue weighted by Gasteiger charge is -2.14. The molecule has 0 fully saturated rings. The molecule has 17 heavy (non-hydrogen) atoms. The summed E-state index contributed by atoms with van der Waals surface area (Å²) in [6.45, 7) is 0.112. The number of rotatable bonds is 4. The third kappa shape index (κ3) is 4.07. The number of halogens is 3. The van der Waals surface area contributed by atoms with Gasteiger partial charge in [0.25, 0.3) is 5.91 Å². The highest BCUT2D eigenvalue weighted by Gasteiger charge is 2.32. The van der Waals surface area contributed by atoms with Crippen LogP contribution >= 0.6 is 0 Å². The minimum absolute atomic E-state index is 0.339. The lowest BCUT2D eigenvalue weighted by molar-refractivity contribution is -0.143. The number of hydrogen-bond donors (Lipinski definition) is 2. The van der Waals surface area contributed by atoms with Crippen LogP contribution in [0.4, 0.5) is 13.2 Å². The Morgan fingerprint density at radius 2 is 1.94 bits per heavy atom. The zero-order valence-corrected chi connectivity index (χ0v) is 9.08. The molecule has 0 unspecified atom stereocenters. The molecule has 1 aromatic rings. The molecule has 6 heteroatoms. The van der Waals surface area contributed by atoms with Crippen molar-refractivity contribution in [2.45, 2.75) is 19.0 Å². The summed E-state index contributed by atoms with van der Waals surface area (Å²) in [7, 11) is 0. The predicted octanol–water partition coefficient (Wildman–Crippen LogP) is 1.63. The molecule has 0 aromatic heterocycles. The van der Waals surface area contributed by atoms with Crippen LogP contribution in [0, 0.1) is 5.82 Å². The molecule has 0 saturated carbocycles. The van der Waals surface area contributed by atoms with E-state index < -0.39 is 23.8 Å². The Balaban J connectivity index is 2.53. The maximum atomic E-state index is 12.6. The number of carbonyl (C=O) groups excluding carboxylic acids is 1. The van der Waals surface area contributed by atoms with E-state index >= 15 is 0 Å². The smallest absolute Gasteiger partial charge is 0.321 e. The fourth-order valence-corrected chi connectivity index (χ4v) is 1.15. The molecule has 1 amide bonds. The largest absolute Gasteiger partial charge is 0.387 e. The van der Waals surface area contributed by atoms with Gasteiger partial charge in [-0.05, 0) is 17.7 Å². The van der Waals surface area contributed by atoms with Crippen molar-refractivity contribution in [3.05, 3.63) is 35.6 Å². The Morgan fingerprint density at radius 3 is 2.41 bits per heavy atom. The lowest BCUT2D eigenvalue weighted by Crippen LogP contribution is -2.39. The SMILES string of the molecule is CC(F)(F)C(=O)NC[C@H](O)c1ccc(F)cc1. The number of aliphatic hydroxyl groups excluding tert-OH is 1. The maximum absolute atomic E-state index is 12.6. The first kappa shape index (κ1) is 13.5. The fraction of sp³-hybridized carbons (Fsp3) is 0.364. The van der Waals surface area contributed by atoms with Crippen LogP contribution < -0.4 is 5.32 Å². The van der Waals surface area contributed by atoms with Gasteiger partial charge in [0.05, 0.1) is 6.10 Å². The van der Waals surface area contributed by atoms with Crippen LogP contribution in [0.25, 0.3) is 0 Å². The van der Waals surface area contributed by atoms with E-state index in [1.807, 2.05) is 5.32 Å². The molecule has 0 aliphatic carbocycles. The van der Waals surface area contributed by atoms with Gasteiger partial charge in [0, 0.05) is 13.5 Å². The molecule has 1 atom stereocenters. The molecule has 1 aromatic carbocycles. The van der Waals surface area contributed by atoms with Crippen LogP contribution in [0.3, 0.4) is 0 Å². The van der Waals surface area contributed by atoms with Crippen LogP contribution in [-0.2, 0) is 4.79 Å². The normalized spacial score (nSPS) is 13.2. The average molecular weight is 247 g/mol. The second kappa shape index (κ2) is 5.18. The van der Waals surface area contributed by atoms with E-state index in [9.17, 15) is 23.1 Å². The van der Waals surface area contributed by atoms with E-state index in [0.29, 0.717) is 12.5 Å². The molecule has 0 radical (unpaired) electrons. The van der Waals surface area contributed by atoms with E-state index in [4.69, 9.17) is 0 Å². The molecule has 3 nitrogen and oxygen atoms in total. The number of benzene rings is 1. The minimum atomic E-state index is -3.48. The number of aliphatic hydroxyl groups is 1. The number of nitrogens with one attached hydrogen (secondary N) is 1. The Hall–Kier alpha value is -1.56. The summed E-state index contributed by atoms with van der Waals surface area (Å²) in [6, 6.07) is 4.90. The molecule has 0 aliphatic rings. The first-order valence-corrected chi connectivity index (χ1v) is 4.90. The van der Waals surface area contributed by atoms with Gasteiger partial charge >= 0.3 is 5.92 Å². The monoisotopic (exact) mass is 247 g/mol. The Bertz CT molecular complexity index is 387. The van der Waals surface area contributed by atoms with Crippen LogP contribution in [-0.4, -0.2) is 23.5 Å². The molecular formula is C11H12F3NO2. The van der Waals surface area contributed by atoms with E-state index in [2.05, 4.69) is 0 Å². The van der Waals surface area contributed by atoms with Gasteiger partial charge in [-0.2, -0.15) is 8.78 Å². The van der Waals surface area contributed by atoms with E-state index in [-0.39, 0.29) is 6.54 Å². The molecule has 0 spiro atoms. The van der Waals surface area contributed by atoms with Crippen molar-refractivity contribution >= 4 is 5.91 Å². The van der Waals surface area contributed by atoms with Crippen molar-refractivity contribution in [1.29, 1.82) is 0 Å². The highest BCUT2D eigenvalue weighted by Crippen LogP contribution is 2.14. The molecule has 2 N–H and O–H groups in total. The Labute approximate surface area is 96.3 Å². The molecule has 0 saturated heterocycles. The maximum Gasteiger partial charge on any atom is 0.321 e. The predicted molar refractivity (Wildman–Crippen MR) is 55.0 cm³/mol. The zero-order valence-electron chi connectivity index (χ0n) is 9.08. The van der Waals surface area contributed by atoms with Crippen LogP contribution in [0.5, 0.6) is 0 Å². The number of hydrogen-bond acceptors (Lipinski definition) is 2. The highest BCUT2D eigenvalue weighted by molar-refractivity contribution is 5.82. The summed E-state index contributed by atoms with van der Waals surface area (Å²) in [6.07, 6.45) is -1.15. The van der Waals surface area contributed by atoms with Gasteiger partial charge in [0.2, 0.25) is 0 Å². The Morgan fingerprint density at radius 1 is 1.41 bits per heavy atom. The van der Waals surface area contributed by atoms with E-state index in [0.717, 1.165) is 12.1 Å². The lowest BCUT2D eigenvalue weighted by atomic mass is 10.1. The van der Waals surface area contributed by atoms with Gasteiger partial charge < -0.3 is 10.4 Å². The standard InChI is InChI=1S/C11H12F3NO2/c1-11(13,14)10(17)15-6-9(16)7-2-4-8(12)5-3-7/h2-5,9,16H,6H2,1H3,(H,15,17)/t9-/m0/s1. The summed E-state index contributed by atoms with van der Waals surface area (Å²) in [5.41, 5.74) is 0.339. The summed E-state index contributed by atoms with van der Waals surface area (Å²) in [5.74, 6) is -5.41. The van der Waals surface area contributed by atoms with Gasteiger partial charge in [0.15, 0.2) is 0 Å². The highest BCUT2D eigenvalue weighted by atomic mass is 19.3. The van der Waals surface area contributed by atoms with E-state index in [1.165, 1.54) is 12.1 Å². The van der Waals surface area contributed by atoms with Crippen molar-refractivity contribution < 1.29 is 23.1 Å². The molecule has 1 rings (SSSR count). The average Bonchev–Trinajstić information content (AvgIpc) is 2.25. The first-order chi connectivity index (χ1) is 7.80. The summed E-state index contributed by atoms with van der Waals surface area (Å²) in [4.78, 5) is 10.8. The summed E-state index contributed by atoms with van der Waals surface area (Å²) in [5, 5.41) is 11.4. The Kier molecular flexibility index (Phi) is 4.11. The van der Waals surface area contributed by atoms with Crippen molar-refractivity contribution in [3.63, 3.8) is 0 Å². The quantitative estimate of drug-likeness (QED) is 0.849. The molecule has 0 bridgehead atoms. The zero-order chi connectivity index (χ0) is 13.1. The van der Waals surface area contributed by atoms with Crippen molar-refractivity contribution in [1.82, 2.24) is 5.32 Å². The van der Waals surface area contributed by atoms with Gasteiger partial charge in [0.1, 0.15) is 5.82 Å². The number of amides is 1. The number of alkyl halides is 2. The van der Waals surface area contributed by atoms with Gasteiger partial charge in [-0.25, -0.2) is 4.39 Å². The summed E-state index contributed by atoms with van der Waals surface area (Å²) >= 11 is 0. The minimum Gasteiger partial charge on any atom is -0.387 e. The molecule has 0 heterocycles. The van der Waals surface area contributed by atoms with Crippen LogP contribution in [0.1, 0.15) is 18.6 Å². The van der Waals surface area contributed by atoms with Crippen LogP contribution in [0.15, 0.2) is 24.3 Å². The molecular weight excluding hydrogens is 235 g/mol. The third-order valence-corrected chi connectivity index (χ3v) is 2.11. The third-order valence-electron chi connectivity index (χ3n) is 2.11. The van der Waals surface area contributed by atoms with Gasteiger partial charge in [-0.15, -0.1) is 0 Å². The van der Waals surface area contributed by atoms with Crippen molar-refractivity contribution in [2.24, 2.45) is 0 Å². The fourth-order valence-electron chi connectivity index (χ4n) is 1.15.